The van der Waals surface area contributed by atoms with Gasteiger partial charge in [-0.3, -0.25) is 9.27 Å². The van der Waals surface area contributed by atoms with E-state index in [1.807, 2.05) is 47.8 Å². The lowest BCUT2D eigenvalue weighted by atomic mass is 10.0. The van der Waals surface area contributed by atoms with Gasteiger partial charge in [0.2, 0.25) is 0 Å². The number of hydrogen-bond acceptors (Lipinski definition) is 6. The first kappa shape index (κ1) is 24.8. The summed E-state index contributed by atoms with van der Waals surface area (Å²) in [4.78, 5) is 9.06. The van der Waals surface area contributed by atoms with Crippen molar-refractivity contribution in [2.75, 3.05) is 10.0 Å². The van der Waals surface area contributed by atoms with Crippen LogP contribution in [0.1, 0.15) is 17.3 Å². The van der Waals surface area contributed by atoms with Gasteiger partial charge in [-0.2, -0.15) is 0 Å². The van der Waals surface area contributed by atoms with Crippen molar-refractivity contribution in [3.8, 4) is 21.9 Å². The van der Waals surface area contributed by atoms with Crippen LogP contribution in [-0.2, 0) is 17.7 Å². The number of anilines is 2. The smallest absolute Gasteiger partial charge is 0.295 e. The predicted octanol–water partition coefficient (Wildman–Crippen LogP) is 6.69. The molecule has 1 unspecified atom stereocenters. The second-order valence-corrected chi connectivity index (χ2v) is 9.61. The number of aromatic nitrogens is 2. The average molecular weight is 539 g/mol. The molecule has 0 fully saturated rings. The van der Waals surface area contributed by atoms with Gasteiger partial charge in [0, 0.05) is 22.7 Å². The highest BCUT2D eigenvalue weighted by molar-refractivity contribution is 7.80. The summed E-state index contributed by atoms with van der Waals surface area (Å²) in [6, 6.07) is 19.9. The normalized spacial score (nSPS) is 12.7. The Bertz CT molecular complexity index is 1520. The third-order valence-electron chi connectivity index (χ3n) is 5.50. The zero-order valence-electron chi connectivity index (χ0n) is 19.1. The molecule has 0 saturated heterocycles. The van der Waals surface area contributed by atoms with E-state index < -0.39 is 22.9 Å². The molecule has 2 atom stereocenters. The second-order valence-electron chi connectivity index (χ2n) is 8.05. The van der Waals surface area contributed by atoms with E-state index in [-0.39, 0.29) is 23.4 Å². The molecular formula is C26H20F2N4O3S2. The van der Waals surface area contributed by atoms with Gasteiger partial charge in [0.15, 0.2) is 5.76 Å². The minimum absolute atomic E-state index is 0.0999. The number of hydrogen-bond donors (Lipinski definition) is 3. The molecule has 3 N–H and O–H groups in total. The number of thiazole rings is 1. The van der Waals surface area contributed by atoms with Crippen molar-refractivity contribution in [3.05, 3.63) is 107 Å². The molecule has 0 bridgehead atoms. The molecule has 2 heterocycles. The van der Waals surface area contributed by atoms with Gasteiger partial charge in [0.1, 0.15) is 16.6 Å². The maximum Gasteiger partial charge on any atom is 0.295 e. The van der Waals surface area contributed by atoms with E-state index in [9.17, 15) is 13.0 Å². The Balaban J connectivity index is 1.42. The molecule has 5 aromatic rings. The Morgan fingerprint density at radius 2 is 1.84 bits per heavy atom. The van der Waals surface area contributed by atoms with Crippen LogP contribution >= 0.6 is 11.3 Å². The van der Waals surface area contributed by atoms with Gasteiger partial charge < -0.3 is 9.73 Å². The second kappa shape index (κ2) is 11.0. The number of halogens is 2. The highest BCUT2D eigenvalue weighted by atomic mass is 32.2. The van der Waals surface area contributed by atoms with Gasteiger partial charge in [-0.05, 0) is 36.2 Å². The molecule has 0 aliphatic heterocycles. The average Bonchev–Trinajstić information content (AvgIpc) is 3.55. The van der Waals surface area contributed by atoms with E-state index in [4.69, 9.17) is 14.0 Å². The largest absolute Gasteiger partial charge is 0.423 e. The molecule has 3 aromatic carbocycles. The number of nitrogens with zero attached hydrogens (tertiary/aromatic N) is 2. The van der Waals surface area contributed by atoms with Gasteiger partial charge in [-0.1, -0.05) is 42.5 Å². The summed E-state index contributed by atoms with van der Waals surface area (Å²) in [5.41, 5.74) is 3.29. The Morgan fingerprint density at radius 1 is 1.05 bits per heavy atom. The molecule has 0 saturated carbocycles. The summed E-state index contributed by atoms with van der Waals surface area (Å²) in [5, 5.41) is 6.05. The molecule has 0 radical (unpaired) electrons. The van der Waals surface area contributed by atoms with E-state index in [0.29, 0.717) is 12.1 Å². The van der Waals surface area contributed by atoms with E-state index in [1.165, 1.54) is 23.6 Å². The fourth-order valence-electron chi connectivity index (χ4n) is 3.74. The summed E-state index contributed by atoms with van der Waals surface area (Å²) in [6.07, 6.45) is 1.87. The van der Waals surface area contributed by atoms with Crippen molar-refractivity contribution in [1.29, 1.82) is 0 Å². The zero-order valence-corrected chi connectivity index (χ0v) is 20.7. The SMILES string of the molecule is O=S(O)Nc1ccc(C[C@H](Nc2ncc(-c3ccc(F)cc3F)o2)c2csc(-c3ccccc3)n2)cc1. The summed E-state index contributed by atoms with van der Waals surface area (Å²) >= 11 is -0.654. The predicted molar refractivity (Wildman–Crippen MR) is 140 cm³/mol. The fourth-order valence-corrected chi connectivity index (χ4v) is 4.96. The third kappa shape index (κ3) is 6.08. The van der Waals surface area contributed by atoms with Crippen molar-refractivity contribution in [2.24, 2.45) is 0 Å². The summed E-state index contributed by atoms with van der Waals surface area (Å²) < 4.78 is 55.8. The number of oxazole rings is 1. The number of nitrogens with one attached hydrogen (secondary N) is 2. The van der Waals surface area contributed by atoms with E-state index in [0.717, 1.165) is 34.0 Å². The fraction of sp³-hybridized carbons (Fsp3) is 0.0769. The molecule has 5 rings (SSSR count). The third-order valence-corrected chi connectivity index (χ3v) is 6.82. The first-order chi connectivity index (χ1) is 17.9. The summed E-state index contributed by atoms with van der Waals surface area (Å²) in [5.74, 6) is -1.26. The molecule has 2 aromatic heterocycles. The van der Waals surface area contributed by atoms with Gasteiger partial charge in [-0.15, -0.1) is 11.3 Å². The van der Waals surface area contributed by atoms with Gasteiger partial charge in [-0.25, -0.2) is 23.0 Å². The lowest BCUT2D eigenvalue weighted by Crippen LogP contribution is -2.14. The Kier molecular flexibility index (Phi) is 7.35. The van der Waals surface area contributed by atoms with Gasteiger partial charge in [0.05, 0.1) is 23.5 Å². The molecular weight excluding hydrogens is 518 g/mol. The molecule has 0 spiro atoms. The van der Waals surface area contributed by atoms with Crippen LogP contribution in [0.3, 0.4) is 0 Å². The molecule has 0 aliphatic rings. The highest BCUT2D eigenvalue weighted by Crippen LogP contribution is 2.32. The molecule has 37 heavy (non-hydrogen) atoms. The monoisotopic (exact) mass is 538 g/mol. The molecule has 0 aliphatic carbocycles. The lowest BCUT2D eigenvalue weighted by molar-refractivity contribution is 0.554. The van der Waals surface area contributed by atoms with Crippen LogP contribution < -0.4 is 10.0 Å². The van der Waals surface area contributed by atoms with Gasteiger partial charge >= 0.3 is 0 Å². The van der Waals surface area contributed by atoms with Crippen molar-refractivity contribution in [3.63, 3.8) is 0 Å². The van der Waals surface area contributed by atoms with Crippen LogP contribution in [0.25, 0.3) is 21.9 Å². The Hall–Kier alpha value is -3.93. The van der Waals surface area contributed by atoms with Crippen molar-refractivity contribution < 1.29 is 22.0 Å². The summed E-state index contributed by atoms with van der Waals surface area (Å²) in [6.45, 7) is 0. The molecule has 7 nitrogen and oxygen atoms in total. The van der Waals surface area contributed by atoms with E-state index in [2.05, 4.69) is 15.0 Å². The number of benzene rings is 3. The minimum Gasteiger partial charge on any atom is -0.423 e. The maximum atomic E-state index is 14.2. The van der Waals surface area contributed by atoms with Gasteiger partial charge in [0.25, 0.3) is 17.3 Å². The lowest BCUT2D eigenvalue weighted by Gasteiger charge is -2.16. The van der Waals surface area contributed by atoms with Crippen molar-refractivity contribution in [1.82, 2.24) is 9.97 Å². The van der Waals surface area contributed by atoms with E-state index >= 15 is 0 Å². The molecule has 0 amide bonds. The quantitative estimate of drug-likeness (QED) is 0.181. The van der Waals surface area contributed by atoms with Crippen LogP contribution in [0.4, 0.5) is 20.5 Å². The van der Waals surface area contributed by atoms with Crippen LogP contribution in [0.2, 0.25) is 0 Å². The zero-order chi connectivity index (χ0) is 25.8. The first-order valence-corrected chi connectivity index (χ1v) is 13.1. The van der Waals surface area contributed by atoms with Crippen LogP contribution in [0.5, 0.6) is 0 Å². The maximum absolute atomic E-state index is 14.2. The minimum atomic E-state index is -2.16. The Labute approximate surface area is 217 Å². The van der Waals surface area contributed by atoms with Crippen molar-refractivity contribution >= 4 is 34.3 Å². The molecule has 188 valence electrons. The summed E-state index contributed by atoms with van der Waals surface area (Å²) in [7, 11) is 0. The highest BCUT2D eigenvalue weighted by Gasteiger charge is 2.20. The van der Waals surface area contributed by atoms with Crippen LogP contribution in [-0.4, -0.2) is 18.7 Å². The first-order valence-electron chi connectivity index (χ1n) is 11.1. The Morgan fingerprint density at radius 3 is 2.57 bits per heavy atom. The topological polar surface area (TPSA) is 100 Å². The van der Waals surface area contributed by atoms with Crippen LogP contribution in [0, 0.1) is 11.6 Å². The molecule has 11 heteroatoms. The van der Waals surface area contributed by atoms with E-state index in [1.54, 1.807) is 12.1 Å². The van der Waals surface area contributed by atoms with Crippen molar-refractivity contribution in [2.45, 2.75) is 12.5 Å². The standard InChI is InChI=1S/C26H20F2N4O3S2/c27-18-8-11-20(21(28)13-18)24-14-29-26(35-24)31-22(12-16-6-9-19(10-7-16)32-37(33)34)23-15-36-25(30-23)17-4-2-1-3-5-17/h1-11,13-15,22,32H,12H2,(H,29,31)(H,33,34)/t22-/m0/s1. The van der Waals surface area contributed by atoms with Crippen LogP contribution in [0.15, 0.2) is 88.8 Å². The number of rotatable bonds is 9.